The molecular formula is C19H19BrN2OS. The molecule has 124 valence electrons. The molecule has 0 unspecified atom stereocenters. The van der Waals surface area contributed by atoms with Gasteiger partial charge in [-0.15, -0.1) is 11.3 Å². The average Bonchev–Trinajstić information content (AvgIpc) is 3.00. The minimum absolute atomic E-state index is 0.860. The maximum atomic E-state index is 5.24. The Morgan fingerprint density at radius 1 is 1.08 bits per heavy atom. The van der Waals surface area contributed by atoms with Crippen LogP contribution in [0.25, 0.3) is 11.3 Å². The molecule has 0 aliphatic rings. The van der Waals surface area contributed by atoms with Gasteiger partial charge in [-0.2, -0.15) is 0 Å². The van der Waals surface area contributed by atoms with Gasteiger partial charge in [-0.05, 0) is 55.0 Å². The Morgan fingerprint density at radius 3 is 2.42 bits per heavy atom. The van der Waals surface area contributed by atoms with Crippen molar-refractivity contribution in [1.29, 1.82) is 0 Å². The van der Waals surface area contributed by atoms with Gasteiger partial charge in [0, 0.05) is 20.6 Å². The number of methoxy groups -OCH3 is 1. The van der Waals surface area contributed by atoms with E-state index in [9.17, 15) is 0 Å². The van der Waals surface area contributed by atoms with Crippen LogP contribution in [0.15, 0.2) is 53.0 Å². The Kier molecular flexibility index (Phi) is 5.53. The van der Waals surface area contributed by atoms with Crippen LogP contribution in [0, 0.1) is 0 Å². The molecule has 0 fully saturated rings. The molecule has 5 heteroatoms. The molecule has 0 saturated carbocycles. The number of aryl methyl sites for hydroxylation is 1. The van der Waals surface area contributed by atoms with E-state index in [2.05, 4.69) is 40.3 Å². The standard InChI is InChI=1S/C19H19BrN2OS/c1-3-4-17-18(13-5-11-16(23-2)12-6-13)22-19(24-17)21-15-9-7-14(20)8-10-15/h5-12H,3-4H2,1-2H3,(H,21,22). The van der Waals surface area contributed by atoms with Crippen molar-refractivity contribution < 1.29 is 4.74 Å². The van der Waals surface area contributed by atoms with Crippen molar-refractivity contribution in [2.75, 3.05) is 12.4 Å². The maximum absolute atomic E-state index is 5.24. The normalized spacial score (nSPS) is 10.6. The third-order valence-corrected chi connectivity index (χ3v) is 5.19. The van der Waals surface area contributed by atoms with E-state index >= 15 is 0 Å². The van der Waals surface area contributed by atoms with Crippen LogP contribution in [0.3, 0.4) is 0 Å². The number of benzene rings is 2. The van der Waals surface area contributed by atoms with Crippen molar-refractivity contribution in [2.45, 2.75) is 19.8 Å². The molecule has 0 spiro atoms. The number of thiazole rings is 1. The van der Waals surface area contributed by atoms with Gasteiger partial charge in [0.2, 0.25) is 0 Å². The summed E-state index contributed by atoms with van der Waals surface area (Å²) in [5.74, 6) is 0.860. The highest BCUT2D eigenvalue weighted by Gasteiger charge is 2.13. The smallest absolute Gasteiger partial charge is 0.187 e. The molecule has 3 rings (SSSR count). The summed E-state index contributed by atoms with van der Waals surface area (Å²) in [4.78, 5) is 6.13. The first-order valence-electron chi connectivity index (χ1n) is 7.86. The molecular weight excluding hydrogens is 384 g/mol. The Labute approximate surface area is 154 Å². The van der Waals surface area contributed by atoms with Crippen LogP contribution < -0.4 is 10.1 Å². The highest BCUT2D eigenvalue weighted by atomic mass is 79.9. The van der Waals surface area contributed by atoms with E-state index in [-0.39, 0.29) is 0 Å². The fourth-order valence-electron chi connectivity index (χ4n) is 2.43. The first-order chi connectivity index (χ1) is 11.7. The topological polar surface area (TPSA) is 34.2 Å². The van der Waals surface area contributed by atoms with Gasteiger partial charge in [0.1, 0.15) is 5.75 Å². The molecule has 1 aromatic heterocycles. The van der Waals surface area contributed by atoms with Crippen molar-refractivity contribution in [2.24, 2.45) is 0 Å². The number of hydrogen-bond acceptors (Lipinski definition) is 4. The van der Waals surface area contributed by atoms with E-state index in [1.165, 1.54) is 4.88 Å². The summed E-state index contributed by atoms with van der Waals surface area (Å²) in [6, 6.07) is 16.2. The minimum atomic E-state index is 0.860. The number of anilines is 2. The SMILES string of the molecule is CCCc1sc(Nc2ccc(Br)cc2)nc1-c1ccc(OC)cc1. The van der Waals surface area contributed by atoms with Crippen LogP contribution in [0.4, 0.5) is 10.8 Å². The van der Waals surface area contributed by atoms with Gasteiger partial charge < -0.3 is 10.1 Å². The van der Waals surface area contributed by atoms with Crippen molar-refractivity contribution in [1.82, 2.24) is 4.98 Å². The second kappa shape index (κ2) is 7.81. The van der Waals surface area contributed by atoms with Crippen LogP contribution in [0.5, 0.6) is 5.75 Å². The lowest BCUT2D eigenvalue weighted by Gasteiger charge is -2.03. The second-order valence-electron chi connectivity index (χ2n) is 5.40. The van der Waals surface area contributed by atoms with Gasteiger partial charge in [-0.25, -0.2) is 4.98 Å². The summed E-state index contributed by atoms with van der Waals surface area (Å²) in [6.07, 6.45) is 2.13. The van der Waals surface area contributed by atoms with Crippen LogP contribution in [-0.2, 0) is 6.42 Å². The number of halogens is 1. The highest BCUT2D eigenvalue weighted by molar-refractivity contribution is 9.10. The molecule has 3 nitrogen and oxygen atoms in total. The second-order valence-corrected chi connectivity index (χ2v) is 7.40. The fourth-order valence-corrected chi connectivity index (χ4v) is 3.80. The first kappa shape index (κ1) is 17.0. The molecule has 0 atom stereocenters. The molecule has 0 aliphatic heterocycles. The van der Waals surface area contributed by atoms with Crippen LogP contribution in [0.2, 0.25) is 0 Å². The fraction of sp³-hybridized carbons (Fsp3) is 0.211. The number of ether oxygens (including phenoxy) is 1. The summed E-state index contributed by atoms with van der Waals surface area (Å²) >= 11 is 5.18. The summed E-state index contributed by atoms with van der Waals surface area (Å²) in [7, 11) is 1.68. The average molecular weight is 403 g/mol. The maximum Gasteiger partial charge on any atom is 0.187 e. The Hall–Kier alpha value is -1.85. The number of nitrogens with one attached hydrogen (secondary N) is 1. The van der Waals surface area contributed by atoms with Crippen LogP contribution in [-0.4, -0.2) is 12.1 Å². The predicted octanol–water partition coefficient (Wildman–Crippen LogP) is 6.28. The van der Waals surface area contributed by atoms with Crippen molar-refractivity contribution in [3.8, 4) is 17.0 Å². The zero-order chi connectivity index (χ0) is 16.9. The molecule has 0 radical (unpaired) electrons. The molecule has 1 heterocycles. The van der Waals surface area contributed by atoms with Gasteiger partial charge in [0.15, 0.2) is 5.13 Å². The Balaban J connectivity index is 1.90. The minimum Gasteiger partial charge on any atom is -0.497 e. The predicted molar refractivity (Wildman–Crippen MR) is 106 cm³/mol. The lowest BCUT2D eigenvalue weighted by molar-refractivity contribution is 0.415. The van der Waals surface area contributed by atoms with Gasteiger partial charge in [-0.3, -0.25) is 0 Å². The number of rotatable bonds is 6. The van der Waals surface area contributed by atoms with Gasteiger partial charge in [0.25, 0.3) is 0 Å². The van der Waals surface area contributed by atoms with Crippen LogP contribution in [0.1, 0.15) is 18.2 Å². The van der Waals surface area contributed by atoms with E-state index < -0.39 is 0 Å². The molecule has 0 amide bonds. The number of hydrogen-bond donors (Lipinski definition) is 1. The van der Waals surface area contributed by atoms with Crippen molar-refractivity contribution in [3.05, 3.63) is 57.9 Å². The lowest BCUT2D eigenvalue weighted by Crippen LogP contribution is -1.89. The third kappa shape index (κ3) is 3.97. The molecule has 3 aromatic rings. The van der Waals surface area contributed by atoms with Gasteiger partial charge in [-0.1, -0.05) is 29.3 Å². The van der Waals surface area contributed by atoms with E-state index in [0.717, 1.165) is 45.1 Å². The quantitative estimate of drug-likeness (QED) is 0.526. The van der Waals surface area contributed by atoms with E-state index in [4.69, 9.17) is 9.72 Å². The monoisotopic (exact) mass is 402 g/mol. The summed E-state index contributed by atoms with van der Waals surface area (Å²) in [6.45, 7) is 2.19. The van der Waals surface area contributed by atoms with Gasteiger partial charge in [0.05, 0.1) is 12.8 Å². The molecule has 24 heavy (non-hydrogen) atoms. The third-order valence-electron chi connectivity index (χ3n) is 3.63. The summed E-state index contributed by atoms with van der Waals surface area (Å²) in [5.41, 5.74) is 3.22. The Bertz CT molecular complexity index is 797. The van der Waals surface area contributed by atoms with E-state index in [1.807, 2.05) is 36.4 Å². The Morgan fingerprint density at radius 2 is 1.79 bits per heavy atom. The van der Waals surface area contributed by atoms with Crippen molar-refractivity contribution in [3.63, 3.8) is 0 Å². The zero-order valence-electron chi connectivity index (χ0n) is 13.7. The van der Waals surface area contributed by atoms with Crippen molar-refractivity contribution >= 4 is 38.1 Å². The molecule has 1 N–H and O–H groups in total. The molecule has 0 bridgehead atoms. The first-order valence-corrected chi connectivity index (χ1v) is 9.47. The highest BCUT2D eigenvalue weighted by Crippen LogP contribution is 2.34. The van der Waals surface area contributed by atoms with Gasteiger partial charge >= 0.3 is 0 Å². The van der Waals surface area contributed by atoms with Crippen LogP contribution >= 0.6 is 27.3 Å². The number of nitrogens with zero attached hydrogens (tertiary/aromatic N) is 1. The summed E-state index contributed by atoms with van der Waals surface area (Å²) in [5, 5.41) is 4.33. The molecule has 0 aliphatic carbocycles. The molecule has 2 aromatic carbocycles. The van der Waals surface area contributed by atoms with E-state index in [0.29, 0.717) is 0 Å². The number of aromatic nitrogens is 1. The summed E-state index contributed by atoms with van der Waals surface area (Å²) < 4.78 is 6.31. The zero-order valence-corrected chi connectivity index (χ0v) is 16.1. The lowest BCUT2D eigenvalue weighted by atomic mass is 10.1. The van der Waals surface area contributed by atoms with E-state index in [1.54, 1.807) is 18.4 Å². The molecule has 0 saturated heterocycles. The largest absolute Gasteiger partial charge is 0.497 e.